The van der Waals surface area contributed by atoms with Gasteiger partial charge in [0.05, 0.1) is 76.7 Å². The number of hydrogen-bond donors (Lipinski definition) is 4. The molecule has 0 bridgehead atoms. The van der Waals surface area contributed by atoms with Crippen molar-refractivity contribution in [1.29, 1.82) is 0 Å². The van der Waals surface area contributed by atoms with Gasteiger partial charge in [0.25, 0.3) is 11.8 Å². The number of furan rings is 1. The van der Waals surface area contributed by atoms with Gasteiger partial charge < -0.3 is 39.9 Å². The third-order valence-electron chi connectivity index (χ3n) is 11.4. The molecule has 0 radical (unpaired) electrons. The Balaban J connectivity index is 0.669. The Bertz CT molecular complexity index is 2530. The second-order valence-corrected chi connectivity index (χ2v) is 18.3. The molecule has 350 valence electrons. The molecular weight excluding hydrogens is 941 g/mol. The molecule has 16 nitrogen and oxygen atoms in total. The number of nitrogens with one attached hydrogen (secondary N) is 4. The Hall–Kier alpha value is -6.05. The summed E-state index contributed by atoms with van der Waals surface area (Å²) in [5.41, 5.74) is 4.76. The molecule has 0 spiro atoms. The first-order valence-electron chi connectivity index (χ1n) is 22.4. The summed E-state index contributed by atoms with van der Waals surface area (Å²) in [7, 11) is 0. The van der Waals surface area contributed by atoms with Crippen molar-refractivity contribution in [1.82, 2.24) is 36.3 Å². The minimum absolute atomic E-state index is 0.0152. The molecule has 2 saturated heterocycles. The van der Waals surface area contributed by atoms with Crippen LogP contribution >= 0.6 is 27.7 Å². The van der Waals surface area contributed by atoms with Crippen LogP contribution in [0, 0.1) is 0 Å². The van der Waals surface area contributed by atoms with E-state index in [0.717, 1.165) is 46.3 Å². The Labute approximate surface area is 401 Å². The van der Waals surface area contributed by atoms with Crippen LogP contribution in [0.1, 0.15) is 53.1 Å². The molecule has 0 saturated carbocycles. The van der Waals surface area contributed by atoms with Gasteiger partial charge >= 0.3 is 6.03 Å². The molecule has 8 rings (SSSR count). The predicted octanol–water partition coefficient (Wildman–Crippen LogP) is 6.59. The highest BCUT2D eigenvalue weighted by atomic mass is 79.9. The maximum absolute atomic E-state index is 13.9. The lowest BCUT2D eigenvalue weighted by molar-refractivity contribution is -0.121. The van der Waals surface area contributed by atoms with Gasteiger partial charge in [-0.2, -0.15) is 11.8 Å². The van der Waals surface area contributed by atoms with Gasteiger partial charge in [-0.1, -0.05) is 70.0 Å². The third-order valence-corrected chi connectivity index (χ3v) is 13.4. The zero-order valence-electron chi connectivity index (χ0n) is 36.9. The van der Waals surface area contributed by atoms with Crippen LogP contribution in [0.15, 0.2) is 118 Å². The first-order valence-corrected chi connectivity index (χ1v) is 24.3. The molecular formula is C49H53BrN8O8S. The van der Waals surface area contributed by atoms with Gasteiger partial charge in [-0.3, -0.25) is 19.3 Å². The number of hydrogen-bond acceptors (Lipinski definition) is 11. The average Bonchev–Trinajstić information content (AvgIpc) is 4.20. The zero-order valence-corrected chi connectivity index (χ0v) is 39.3. The number of rotatable bonds is 24. The predicted molar refractivity (Wildman–Crippen MR) is 259 cm³/mol. The number of nitrogens with zero attached hydrogens (tertiary/aromatic N) is 4. The van der Waals surface area contributed by atoms with Gasteiger partial charge in [-0.15, -0.1) is 5.10 Å². The van der Waals surface area contributed by atoms with Gasteiger partial charge in [0.2, 0.25) is 5.91 Å². The summed E-state index contributed by atoms with van der Waals surface area (Å²) in [4.78, 5) is 52.5. The number of anilines is 1. The van der Waals surface area contributed by atoms with Gasteiger partial charge in [-0.05, 0) is 79.1 Å². The zero-order chi connectivity index (χ0) is 46.4. The minimum Gasteiger partial charge on any atom is -0.457 e. The summed E-state index contributed by atoms with van der Waals surface area (Å²) < 4.78 is 25.6. The second-order valence-electron chi connectivity index (χ2n) is 16.1. The highest BCUT2D eigenvalue weighted by Gasteiger charge is 2.42. The fourth-order valence-corrected chi connectivity index (χ4v) is 9.74. The maximum Gasteiger partial charge on any atom is 0.315 e. The second kappa shape index (κ2) is 23.6. The number of fused-ring (bicyclic) bond motifs is 1. The molecule has 4 N–H and O–H groups in total. The first kappa shape index (κ1) is 47.4. The molecule has 0 aliphatic carbocycles. The highest BCUT2D eigenvalue weighted by molar-refractivity contribution is 9.10. The van der Waals surface area contributed by atoms with Crippen molar-refractivity contribution >= 4 is 68.9 Å². The van der Waals surface area contributed by atoms with E-state index in [2.05, 4.69) is 47.5 Å². The standard InChI is InChI=1S/C49H53BrN8O8S/c50-37-14-10-34(11-15-37)43-19-18-40(66-43)28-36-29-42(33-6-2-1-3-7-33)58(48(36)61)39-16-12-35(13-17-39)47(60)51-20-22-63-24-26-65-27-25-64-23-21-57-31-38(55-56-57)30-52-45(59)9-5-4-8-44-46-41(32-67-44)53-49(62)54-46/h1-3,6-7,10-19,28-29,31,41,44,46H,4-5,8-9,20-27,30,32H2,(H,51,60)(H,52,59)(H2,53,54,62)/b36-28-/t41-,44-,46-/m0/s1. The van der Waals surface area contributed by atoms with E-state index < -0.39 is 0 Å². The minimum atomic E-state index is -0.251. The number of unbranched alkanes of at least 4 members (excludes halogenated alkanes) is 1. The molecule has 3 aliphatic rings. The van der Waals surface area contributed by atoms with E-state index in [-0.39, 0.29) is 35.8 Å². The van der Waals surface area contributed by atoms with Gasteiger partial charge in [0.1, 0.15) is 17.2 Å². The van der Waals surface area contributed by atoms with E-state index in [9.17, 15) is 19.2 Å². The van der Waals surface area contributed by atoms with Crippen molar-refractivity contribution in [2.75, 3.05) is 56.8 Å². The van der Waals surface area contributed by atoms with Crippen LogP contribution in [-0.4, -0.2) is 108 Å². The Morgan fingerprint density at radius 3 is 2.40 bits per heavy atom. The van der Waals surface area contributed by atoms with Crippen LogP contribution in [-0.2, 0) is 36.9 Å². The Morgan fingerprint density at radius 2 is 1.61 bits per heavy atom. The van der Waals surface area contributed by atoms with Gasteiger partial charge in [-0.25, -0.2) is 9.48 Å². The molecule has 3 aliphatic heterocycles. The van der Waals surface area contributed by atoms with Crippen molar-refractivity contribution in [2.24, 2.45) is 0 Å². The lowest BCUT2D eigenvalue weighted by Gasteiger charge is -2.21. The fourth-order valence-electron chi connectivity index (χ4n) is 7.93. The number of carbonyl (C=O) groups is 4. The summed E-state index contributed by atoms with van der Waals surface area (Å²) in [6.45, 7) is 3.46. The molecule has 5 amide bonds. The topological polar surface area (TPSA) is 191 Å². The molecule has 67 heavy (non-hydrogen) atoms. The van der Waals surface area contributed by atoms with Gasteiger partial charge in [0, 0.05) is 50.8 Å². The monoisotopic (exact) mass is 992 g/mol. The van der Waals surface area contributed by atoms with Crippen LogP contribution in [0.3, 0.4) is 0 Å². The van der Waals surface area contributed by atoms with E-state index in [1.807, 2.05) is 84.6 Å². The van der Waals surface area contributed by atoms with E-state index in [1.165, 1.54) is 0 Å². The van der Waals surface area contributed by atoms with E-state index in [0.29, 0.717) is 105 Å². The quantitative estimate of drug-likeness (QED) is 0.0296. The maximum atomic E-state index is 13.9. The number of amides is 5. The lowest BCUT2D eigenvalue weighted by Crippen LogP contribution is -2.36. The van der Waals surface area contributed by atoms with Gasteiger partial charge in [0.15, 0.2) is 0 Å². The molecule has 2 aromatic heterocycles. The molecule has 2 fully saturated rings. The molecule has 5 heterocycles. The molecule has 3 atom stereocenters. The molecule has 3 aromatic carbocycles. The van der Waals surface area contributed by atoms with Crippen molar-refractivity contribution in [3.05, 3.63) is 136 Å². The van der Waals surface area contributed by atoms with Crippen LogP contribution in [0.25, 0.3) is 23.1 Å². The number of aromatic nitrogens is 3. The lowest BCUT2D eigenvalue weighted by atomic mass is 10.0. The number of ether oxygens (including phenoxy) is 3. The third kappa shape index (κ3) is 13.1. The number of urea groups is 1. The van der Waals surface area contributed by atoms with Crippen LogP contribution in [0.2, 0.25) is 0 Å². The Kier molecular flexibility index (Phi) is 16.7. The number of halogens is 1. The number of benzene rings is 3. The largest absolute Gasteiger partial charge is 0.457 e. The van der Waals surface area contributed by atoms with Crippen LogP contribution < -0.4 is 26.2 Å². The fraction of sp³-hybridized carbons (Fsp3) is 0.347. The summed E-state index contributed by atoms with van der Waals surface area (Å²) in [6, 6.07) is 28.5. The van der Waals surface area contributed by atoms with Crippen molar-refractivity contribution in [2.45, 2.75) is 56.1 Å². The van der Waals surface area contributed by atoms with Crippen LogP contribution in [0.5, 0.6) is 0 Å². The van der Waals surface area contributed by atoms with E-state index in [1.54, 1.807) is 46.1 Å². The summed E-state index contributed by atoms with van der Waals surface area (Å²) >= 11 is 5.35. The molecule has 5 aromatic rings. The van der Waals surface area contributed by atoms with E-state index in [4.69, 9.17) is 18.6 Å². The number of carbonyl (C=O) groups excluding carboxylic acids is 4. The summed E-state index contributed by atoms with van der Waals surface area (Å²) in [5, 5.41) is 20.4. The summed E-state index contributed by atoms with van der Waals surface area (Å²) in [6.07, 6.45) is 8.57. The molecule has 0 unspecified atom stereocenters. The number of thioether (sulfide) groups is 1. The smallest absolute Gasteiger partial charge is 0.315 e. The first-order chi connectivity index (χ1) is 32.8. The van der Waals surface area contributed by atoms with E-state index >= 15 is 0 Å². The van der Waals surface area contributed by atoms with Crippen molar-refractivity contribution in [3.63, 3.8) is 0 Å². The SMILES string of the molecule is O=C(CCCC[C@@H]1SC[C@@H]2NC(=O)N[C@@H]21)NCc1cn(CCOCCOCCOCCNC(=O)c2ccc(N3C(=O)/C(=C\c4ccc(-c5ccc(Br)cc5)o4)C=C3c3ccccc3)cc2)nn1. The van der Waals surface area contributed by atoms with Crippen molar-refractivity contribution in [3.8, 4) is 11.3 Å². The van der Waals surface area contributed by atoms with Crippen molar-refractivity contribution < 1.29 is 37.8 Å². The van der Waals surface area contributed by atoms with Crippen LogP contribution in [0.4, 0.5) is 10.5 Å². The molecule has 18 heteroatoms. The summed E-state index contributed by atoms with van der Waals surface area (Å²) in [5.74, 6) is 1.73. The highest BCUT2D eigenvalue weighted by Crippen LogP contribution is 2.36. The average molecular weight is 994 g/mol. The normalized spacial score (nSPS) is 18.2. The Morgan fingerprint density at radius 1 is 0.851 bits per heavy atom.